The summed E-state index contributed by atoms with van der Waals surface area (Å²) in [7, 11) is 0. The lowest BCUT2D eigenvalue weighted by atomic mass is 9.89. The van der Waals surface area contributed by atoms with Crippen LogP contribution in [0.5, 0.6) is 0 Å². The van der Waals surface area contributed by atoms with Gasteiger partial charge in [0.25, 0.3) is 5.91 Å². The minimum absolute atomic E-state index is 0.109. The van der Waals surface area contributed by atoms with Gasteiger partial charge in [0, 0.05) is 16.9 Å². The smallest absolute Gasteiger partial charge is 0.251 e. The number of hydrogen-bond acceptors (Lipinski definition) is 1. The van der Waals surface area contributed by atoms with Crippen LogP contribution in [0.15, 0.2) is 18.2 Å². The van der Waals surface area contributed by atoms with Gasteiger partial charge in [-0.3, -0.25) is 4.79 Å². The molecule has 2 rings (SSSR count). The Balaban J connectivity index is 1.93. The highest BCUT2D eigenvalue weighted by Crippen LogP contribution is 2.29. The number of carbonyl (C=O) groups is 1. The van der Waals surface area contributed by atoms with Gasteiger partial charge in [-0.15, -0.1) is 0 Å². The normalized spacial score (nSPS) is 23.1. The van der Waals surface area contributed by atoms with Gasteiger partial charge in [-0.2, -0.15) is 0 Å². The van der Waals surface area contributed by atoms with Gasteiger partial charge < -0.3 is 5.32 Å². The van der Waals surface area contributed by atoms with Gasteiger partial charge in [-0.05, 0) is 49.4 Å². The first kappa shape index (κ1) is 14.5. The summed E-state index contributed by atoms with van der Waals surface area (Å²) in [6.07, 6.45) is 4.82. The molecule has 19 heavy (non-hydrogen) atoms. The Bertz CT molecular complexity index is 463. The van der Waals surface area contributed by atoms with E-state index in [2.05, 4.69) is 21.2 Å². The van der Waals surface area contributed by atoms with E-state index in [0.717, 1.165) is 6.42 Å². The molecule has 2 nitrogen and oxygen atoms in total. The Morgan fingerprint density at radius 1 is 1.42 bits per heavy atom. The Kier molecular flexibility index (Phi) is 4.97. The SMILES string of the molecule is Cc1cc(F)ccc1C(=O)NCC1CCCCC1Br. The second-order valence-electron chi connectivity index (χ2n) is 5.23. The molecule has 2 unspecified atom stereocenters. The summed E-state index contributed by atoms with van der Waals surface area (Å²) < 4.78 is 13.0. The predicted octanol–water partition coefficient (Wildman–Crippen LogP) is 3.82. The minimum Gasteiger partial charge on any atom is -0.352 e. The standard InChI is InChI=1S/C15H19BrFNO/c1-10-8-12(17)6-7-13(10)15(19)18-9-11-4-2-3-5-14(11)16/h6-8,11,14H,2-5,9H2,1H3,(H,18,19). The molecule has 1 aliphatic rings. The van der Waals surface area contributed by atoms with Gasteiger partial charge >= 0.3 is 0 Å². The molecule has 0 aromatic heterocycles. The van der Waals surface area contributed by atoms with E-state index >= 15 is 0 Å². The van der Waals surface area contributed by atoms with Crippen molar-refractivity contribution in [1.82, 2.24) is 5.32 Å². The van der Waals surface area contributed by atoms with Crippen LogP contribution in [0, 0.1) is 18.7 Å². The lowest BCUT2D eigenvalue weighted by Gasteiger charge is -2.27. The topological polar surface area (TPSA) is 29.1 Å². The van der Waals surface area contributed by atoms with Gasteiger partial charge in [0.1, 0.15) is 5.82 Å². The second-order valence-corrected chi connectivity index (χ2v) is 6.41. The van der Waals surface area contributed by atoms with E-state index < -0.39 is 0 Å². The molecule has 1 aromatic carbocycles. The quantitative estimate of drug-likeness (QED) is 0.840. The summed E-state index contributed by atoms with van der Waals surface area (Å²) in [5, 5.41) is 2.97. The summed E-state index contributed by atoms with van der Waals surface area (Å²) in [6.45, 7) is 2.44. The average Bonchev–Trinajstić information content (AvgIpc) is 2.37. The van der Waals surface area contributed by atoms with Gasteiger partial charge in [0.05, 0.1) is 0 Å². The Morgan fingerprint density at radius 2 is 2.16 bits per heavy atom. The second kappa shape index (κ2) is 6.51. The highest BCUT2D eigenvalue weighted by molar-refractivity contribution is 9.09. The van der Waals surface area contributed by atoms with Gasteiger partial charge in [-0.1, -0.05) is 28.8 Å². The molecule has 2 atom stereocenters. The van der Waals surface area contributed by atoms with Gasteiger partial charge in [0.15, 0.2) is 0 Å². The summed E-state index contributed by atoms with van der Waals surface area (Å²) in [5.74, 6) is 0.0862. The summed E-state index contributed by atoms with van der Waals surface area (Å²) in [6, 6.07) is 4.27. The number of nitrogens with one attached hydrogen (secondary N) is 1. The molecule has 1 N–H and O–H groups in total. The fourth-order valence-electron chi connectivity index (χ4n) is 2.59. The average molecular weight is 328 g/mol. The molecule has 1 saturated carbocycles. The summed E-state index contributed by atoms with van der Waals surface area (Å²) in [5.41, 5.74) is 1.24. The Labute approximate surface area is 121 Å². The third-order valence-electron chi connectivity index (χ3n) is 3.77. The molecule has 0 aliphatic heterocycles. The van der Waals surface area contributed by atoms with Crippen molar-refractivity contribution < 1.29 is 9.18 Å². The van der Waals surface area contributed by atoms with Crippen molar-refractivity contribution in [2.24, 2.45) is 5.92 Å². The van der Waals surface area contributed by atoms with E-state index in [0.29, 0.717) is 28.4 Å². The molecule has 0 spiro atoms. The predicted molar refractivity (Wildman–Crippen MR) is 78.1 cm³/mol. The zero-order chi connectivity index (χ0) is 13.8. The molecule has 1 aromatic rings. The molecular formula is C15H19BrFNO. The van der Waals surface area contributed by atoms with E-state index in [1.807, 2.05) is 0 Å². The molecular weight excluding hydrogens is 309 g/mol. The first-order valence-corrected chi connectivity index (χ1v) is 7.68. The van der Waals surface area contributed by atoms with Crippen LogP contribution in [0.2, 0.25) is 0 Å². The lowest BCUT2D eigenvalue weighted by Crippen LogP contribution is -2.34. The third-order valence-corrected chi connectivity index (χ3v) is 4.98. The van der Waals surface area contributed by atoms with Crippen LogP contribution >= 0.6 is 15.9 Å². The maximum atomic E-state index is 13.0. The number of halogens is 2. The molecule has 1 amide bonds. The number of rotatable bonds is 3. The highest BCUT2D eigenvalue weighted by Gasteiger charge is 2.23. The third kappa shape index (κ3) is 3.78. The van der Waals surface area contributed by atoms with Crippen LogP contribution in [0.1, 0.15) is 41.6 Å². The molecule has 104 valence electrons. The maximum absolute atomic E-state index is 13.0. The number of hydrogen-bond donors (Lipinski definition) is 1. The summed E-state index contributed by atoms with van der Waals surface area (Å²) in [4.78, 5) is 12.6. The molecule has 0 radical (unpaired) electrons. The van der Waals surface area contributed by atoms with Gasteiger partial charge in [-0.25, -0.2) is 4.39 Å². The van der Waals surface area contributed by atoms with Crippen LogP contribution in [-0.2, 0) is 0 Å². The monoisotopic (exact) mass is 327 g/mol. The number of benzene rings is 1. The van der Waals surface area contributed by atoms with Crippen LogP contribution in [-0.4, -0.2) is 17.3 Å². The van der Waals surface area contributed by atoms with Crippen molar-refractivity contribution in [2.75, 3.05) is 6.54 Å². The van der Waals surface area contributed by atoms with E-state index in [9.17, 15) is 9.18 Å². The molecule has 0 saturated heterocycles. The first-order valence-electron chi connectivity index (χ1n) is 6.76. The molecule has 1 aliphatic carbocycles. The minimum atomic E-state index is -0.304. The fraction of sp³-hybridized carbons (Fsp3) is 0.533. The fourth-order valence-corrected chi connectivity index (χ4v) is 3.37. The largest absolute Gasteiger partial charge is 0.352 e. The Morgan fingerprint density at radius 3 is 2.84 bits per heavy atom. The highest BCUT2D eigenvalue weighted by atomic mass is 79.9. The van der Waals surface area contributed by atoms with Crippen LogP contribution in [0.25, 0.3) is 0 Å². The lowest BCUT2D eigenvalue weighted by molar-refractivity contribution is 0.0944. The summed E-state index contributed by atoms with van der Waals surface area (Å²) >= 11 is 3.68. The Hall–Kier alpha value is -0.900. The number of aryl methyl sites for hydroxylation is 1. The van der Waals surface area contributed by atoms with Crippen molar-refractivity contribution in [3.05, 3.63) is 35.1 Å². The molecule has 0 heterocycles. The zero-order valence-corrected chi connectivity index (χ0v) is 12.7. The van der Waals surface area contributed by atoms with E-state index in [-0.39, 0.29) is 11.7 Å². The van der Waals surface area contributed by atoms with Crippen molar-refractivity contribution in [3.8, 4) is 0 Å². The van der Waals surface area contributed by atoms with Crippen LogP contribution < -0.4 is 5.32 Å². The van der Waals surface area contributed by atoms with Crippen molar-refractivity contribution in [2.45, 2.75) is 37.4 Å². The zero-order valence-electron chi connectivity index (χ0n) is 11.1. The molecule has 4 heteroatoms. The molecule has 1 fully saturated rings. The van der Waals surface area contributed by atoms with Crippen molar-refractivity contribution in [1.29, 1.82) is 0 Å². The van der Waals surface area contributed by atoms with E-state index in [4.69, 9.17) is 0 Å². The van der Waals surface area contributed by atoms with E-state index in [1.54, 1.807) is 13.0 Å². The number of carbonyl (C=O) groups excluding carboxylic acids is 1. The molecule has 0 bridgehead atoms. The van der Waals surface area contributed by atoms with Crippen LogP contribution in [0.4, 0.5) is 4.39 Å². The maximum Gasteiger partial charge on any atom is 0.251 e. The van der Waals surface area contributed by atoms with Crippen molar-refractivity contribution in [3.63, 3.8) is 0 Å². The number of amides is 1. The number of alkyl halides is 1. The van der Waals surface area contributed by atoms with Gasteiger partial charge in [0.2, 0.25) is 0 Å². The first-order chi connectivity index (χ1) is 9.08. The van der Waals surface area contributed by atoms with Crippen LogP contribution in [0.3, 0.4) is 0 Å². The van der Waals surface area contributed by atoms with E-state index in [1.165, 1.54) is 31.4 Å². The van der Waals surface area contributed by atoms with Crippen molar-refractivity contribution >= 4 is 21.8 Å².